The molecule has 35 heavy (non-hydrogen) atoms. The number of nitrogens with one attached hydrogen (secondary N) is 2. The molecule has 0 aromatic heterocycles. The predicted molar refractivity (Wildman–Crippen MR) is 125 cm³/mol. The summed E-state index contributed by atoms with van der Waals surface area (Å²) in [6.45, 7) is 0.723. The van der Waals surface area contributed by atoms with Crippen LogP contribution in [0.3, 0.4) is 0 Å². The predicted octanol–water partition coefficient (Wildman–Crippen LogP) is 1.42. The van der Waals surface area contributed by atoms with Crippen molar-refractivity contribution >= 4 is 82.2 Å². The highest BCUT2D eigenvalue weighted by atomic mass is 35.6. The van der Waals surface area contributed by atoms with Gasteiger partial charge < -0.3 is 25.6 Å². The standard InChI is InChI=1S/C19H22Cl3N3O9S/c1-8(26)5-9-6-35-15-12(14(28)25(15)13(9)17(31)32)24-11(27)4-2-3-10(16(29)30)23-18(33)34-7-19(20,21)22/h10,12,15H,2-7H2,1H3,(H,23,33)(H,24,27)(H,29,30)(H,31,32)/t10?,12?,15-/m0/s1. The minimum atomic E-state index is -1.87. The fourth-order valence-corrected chi connectivity index (χ4v) is 4.93. The molecule has 194 valence electrons. The van der Waals surface area contributed by atoms with Crippen LogP contribution in [0.25, 0.3) is 0 Å². The largest absolute Gasteiger partial charge is 0.480 e. The highest BCUT2D eigenvalue weighted by Crippen LogP contribution is 2.41. The summed E-state index contributed by atoms with van der Waals surface area (Å²) in [5, 5.41) is 22.7. The Hall–Kier alpha value is -2.22. The van der Waals surface area contributed by atoms with Crippen molar-refractivity contribution in [2.45, 2.75) is 53.9 Å². The Balaban J connectivity index is 1.86. The van der Waals surface area contributed by atoms with Crippen LogP contribution in [0, 0.1) is 0 Å². The molecule has 0 saturated carbocycles. The van der Waals surface area contributed by atoms with Crippen LogP contribution >= 0.6 is 46.6 Å². The van der Waals surface area contributed by atoms with Crippen LogP contribution in [0.1, 0.15) is 32.6 Å². The Kier molecular flexibility index (Phi) is 10.1. The van der Waals surface area contributed by atoms with Gasteiger partial charge in [0.1, 0.15) is 35.5 Å². The second-order valence-electron chi connectivity index (χ2n) is 7.71. The highest BCUT2D eigenvalue weighted by molar-refractivity contribution is 8.00. The number of carbonyl (C=O) groups is 6. The number of ketones is 1. The third-order valence-electron chi connectivity index (χ3n) is 4.88. The molecule has 1 saturated heterocycles. The fourth-order valence-electron chi connectivity index (χ4n) is 3.42. The number of carboxylic acid groups (broad SMARTS) is 2. The Morgan fingerprint density at radius 1 is 1.23 bits per heavy atom. The monoisotopic (exact) mass is 573 g/mol. The van der Waals surface area contributed by atoms with Crippen LogP contribution in [0.5, 0.6) is 0 Å². The van der Waals surface area contributed by atoms with Crippen molar-refractivity contribution in [1.29, 1.82) is 0 Å². The van der Waals surface area contributed by atoms with E-state index in [9.17, 15) is 39.0 Å². The average Bonchev–Trinajstić information content (AvgIpc) is 2.73. The van der Waals surface area contributed by atoms with Gasteiger partial charge in [0.15, 0.2) is 0 Å². The third kappa shape index (κ3) is 8.16. The summed E-state index contributed by atoms with van der Waals surface area (Å²) >= 11 is 17.6. The molecule has 0 aromatic carbocycles. The van der Waals surface area contributed by atoms with Crippen molar-refractivity contribution in [3.05, 3.63) is 11.3 Å². The summed E-state index contributed by atoms with van der Waals surface area (Å²) in [6, 6.07) is -2.32. The van der Waals surface area contributed by atoms with E-state index in [-0.39, 0.29) is 42.9 Å². The van der Waals surface area contributed by atoms with Gasteiger partial charge in [0.05, 0.1) is 0 Å². The Morgan fingerprint density at radius 3 is 2.43 bits per heavy atom. The van der Waals surface area contributed by atoms with Crippen molar-refractivity contribution in [3.8, 4) is 0 Å². The fraction of sp³-hybridized carbons (Fsp3) is 0.579. The van der Waals surface area contributed by atoms with E-state index in [2.05, 4.69) is 15.4 Å². The van der Waals surface area contributed by atoms with Gasteiger partial charge in [-0.1, -0.05) is 34.8 Å². The number of nitrogens with zero attached hydrogens (tertiary/aromatic N) is 1. The normalized spacial score (nSPS) is 20.3. The minimum Gasteiger partial charge on any atom is -0.480 e. The number of β-lactam (4-membered cyclic amide) rings is 1. The summed E-state index contributed by atoms with van der Waals surface area (Å²) in [6.07, 6.45) is -1.45. The van der Waals surface area contributed by atoms with Gasteiger partial charge in [-0.05, 0) is 25.3 Å². The molecule has 4 N–H and O–H groups in total. The first-order valence-electron chi connectivity index (χ1n) is 10.1. The summed E-state index contributed by atoms with van der Waals surface area (Å²) in [4.78, 5) is 72.0. The zero-order valence-electron chi connectivity index (χ0n) is 18.2. The number of rotatable bonds is 11. The van der Waals surface area contributed by atoms with Crippen LogP contribution in [-0.2, 0) is 28.7 Å². The molecular weight excluding hydrogens is 553 g/mol. The van der Waals surface area contributed by atoms with E-state index in [1.807, 2.05) is 0 Å². The van der Waals surface area contributed by atoms with E-state index in [1.54, 1.807) is 0 Å². The van der Waals surface area contributed by atoms with E-state index in [0.29, 0.717) is 5.57 Å². The number of hydrogen-bond donors (Lipinski definition) is 4. The number of amides is 3. The average molecular weight is 575 g/mol. The molecule has 3 amide bonds. The number of hydrogen-bond acceptors (Lipinski definition) is 8. The van der Waals surface area contributed by atoms with Crippen molar-refractivity contribution in [1.82, 2.24) is 15.5 Å². The third-order valence-corrected chi connectivity index (χ3v) is 6.55. The first-order valence-corrected chi connectivity index (χ1v) is 12.3. The van der Waals surface area contributed by atoms with Crippen LogP contribution in [-0.4, -0.2) is 84.4 Å². The first-order chi connectivity index (χ1) is 16.2. The number of thioether (sulfide) groups is 1. The second-order valence-corrected chi connectivity index (χ2v) is 11.3. The Bertz CT molecular complexity index is 954. The van der Waals surface area contributed by atoms with Crippen LogP contribution in [0.4, 0.5) is 4.79 Å². The molecule has 2 heterocycles. The van der Waals surface area contributed by atoms with Gasteiger partial charge in [0.2, 0.25) is 9.70 Å². The zero-order chi connectivity index (χ0) is 26.5. The molecule has 2 aliphatic heterocycles. The van der Waals surface area contributed by atoms with Gasteiger partial charge in [-0.3, -0.25) is 19.3 Å². The number of carbonyl (C=O) groups excluding carboxylic acids is 4. The maximum absolute atomic E-state index is 12.6. The number of aliphatic carboxylic acids is 2. The first kappa shape index (κ1) is 29.0. The number of carboxylic acids is 2. The number of halogens is 3. The molecule has 3 atom stereocenters. The molecule has 1 fully saturated rings. The topological polar surface area (TPSA) is 179 Å². The van der Waals surface area contributed by atoms with Gasteiger partial charge in [-0.25, -0.2) is 14.4 Å². The Labute approximate surface area is 218 Å². The number of ether oxygens (including phenoxy) is 1. The van der Waals surface area contributed by atoms with Gasteiger partial charge in [-0.15, -0.1) is 11.8 Å². The molecule has 12 nitrogen and oxygen atoms in total. The van der Waals surface area contributed by atoms with Gasteiger partial charge >= 0.3 is 18.0 Å². The van der Waals surface area contributed by atoms with Crippen molar-refractivity contribution in [2.75, 3.05) is 12.4 Å². The van der Waals surface area contributed by atoms with E-state index < -0.39 is 57.7 Å². The molecule has 2 unspecified atom stereocenters. The SMILES string of the molecule is CC(=O)CC1=C(C(=O)O)N2C(=O)C(NC(=O)CCCC(NC(=O)OCC(Cl)(Cl)Cl)C(=O)O)[C@@H]2SC1. The Morgan fingerprint density at radius 2 is 1.89 bits per heavy atom. The lowest BCUT2D eigenvalue weighted by molar-refractivity contribution is -0.150. The van der Waals surface area contributed by atoms with Crippen molar-refractivity contribution in [3.63, 3.8) is 0 Å². The van der Waals surface area contributed by atoms with E-state index in [0.717, 1.165) is 4.90 Å². The van der Waals surface area contributed by atoms with E-state index >= 15 is 0 Å². The van der Waals surface area contributed by atoms with Gasteiger partial charge in [-0.2, -0.15) is 0 Å². The number of alkyl halides is 3. The molecule has 0 bridgehead atoms. The number of fused-ring (bicyclic) bond motifs is 1. The summed E-state index contributed by atoms with van der Waals surface area (Å²) in [5.74, 6) is -3.87. The van der Waals surface area contributed by atoms with Gasteiger partial charge in [0.25, 0.3) is 5.91 Å². The lowest BCUT2D eigenvalue weighted by Gasteiger charge is -2.49. The van der Waals surface area contributed by atoms with Crippen LogP contribution in [0.15, 0.2) is 11.3 Å². The van der Waals surface area contributed by atoms with Crippen molar-refractivity contribution < 1.29 is 43.7 Å². The summed E-state index contributed by atoms with van der Waals surface area (Å²) < 4.78 is 2.74. The molecule has 2 aliphatic rings. The zero-order valence-corrected chi connectivity index (χ0v) is 21.3. The molecule has 0 aromatic rings. The maximum atomic E-state index is 12.6. The summed E-state index contributed by atoms with van der Waals surface area (Å²) in [7, 11) is 0. The second kappa shape index (κ2) is 12.2. The minimum absolute atomic E-state index is 0.0407. The quantitative estimate of drug-likeness (QED) is 0.208. The van der Waals surface area contributed by atoms with E-state index in [1.165, 1.54) is 18.7 Å². The lowest BCUT2D eigenvalue weighted by atomic mass is 10.0. The van der Waals surface area contributed by atoms with Crippen LogP contribution in [0.2, 0.25) is 0 Å². The molecule has 0 spiro atoms. The highest BCUT2D eigenvalue weighted by Gasteiger charge is 2.54. The molecule has 0 radical (unpaired) electrons. The molecule has 2 rings (SSSR count). The molecule has 0 aliphatic carbocycles. The smallest absolute Gasteiger partial charge is 0.407 e. The van der Waals surface area contributed by atoms with E-state index in [4.69, 9.17) is 34.8 Å². The maximum Gasteiger partial charge on any atom is 0.407 e. The summed E-state index contributed by atoms with van der Waals surface area (Å²) in [5.41, 5.74) is 0.0976. The number of alkyl carbamates (subject to hydrolysis) is 1. The van der Waals surface area contributed by atoms with Crippen molar-refractivity contribution in [2.24, 2.45) is 0 Å². The lowest BCUT2D eigenvalue weighted by Crippen LogP contribution is -2.70. The van der Waals surface area contributed by atoms with Crippen LogP contribution < -0.4 is 10.6 Å². The number of Topliss-reactive ketones (excluding diaryl/α,β-unsaturated/α-hetero) is 1. The molecule has 16 heteroatoms. The molecular formula is C19H22Cl3N3O9S. The van der Waals surface area contributed by atoms with Gasteiger partial charge in [0, 0.05) is 18.6 Å².